The molecule has 168 valence electrons. The van der Waals surface area contributed by atoms with Crippen molar-refractivity contribution in [3.63, 3.8) is 0 Å². The Bertz CT molecular complexity index is 1230. The number of carbonyl (C=O) groups excluding carboxylic acids is 2. The summed E-state index contributed by atoms with van der Waals surface area (Å²) in [7, 11) is 1.52. The van der Waals surface area contributed by atoms with Crippen molar-refractivity contribution in [2.24, 2.45) is 0 Å². The minimum atomic E-state index is -0.333. The number of halogens is 2. The molecule has 0 bridgehead atoms. The van der Waals surface area contributed by atoms with Gasteiger partial charge in [0, 0.05) is 4.47 Å². The highest BCUT2D eigenvalue weighted by atomic mass is 79.9. The number of hydrogen-bond acceptors (Lipinski definition) is 5. The minimum absolute atomic E-state index is 0.209. The zero-order valence-electron chi connectivity index (χ0n) is 17.6. The number of imide groups is 1. The van der Waals surface area contributed by atoms with Gasteiger partial charge in [0.2, 0.25) is 0 Å². The summed E-state index contributed by atoms with van der Waals surface area (Å²) in [5, 5.41) is -0.308. The molecule has 0 N–H and O–H groups in total. The molecule has 3 aromatic rings. The fraction of sp³-hybridized carbons (Fsp3) is 0.120. The van der Waals surface area contributed by atoms with Gasteiger partial charge in [-0.15, -0.1) is 0 Å². The first kappa shape index (κ1) is 23.1. The van der Waals surface area contributed by atoms with E-state index in [-0.39, 0.29) is 30.1 Å². The van der Waals surface area contributed by atoms with Crippen LogP contribution in [0.4, 0.5) is 9.18 Å². The molecule has 1 saturated heterocycles. The molecule has 1 fully saturated rings. The van der Waals surface area contributed by atoms with Gasteiger partial charge in [-0.05, 0) is 70.9 Å². The Morgan fingerprint density at radius 1 is 1.00 bits per heavy atom. The average molecular weight is 528 g/mol. The number of hydrogen-bond donors (Lipinski definition) is 0. The monoisotopic (exact) mass is 527 g/mol. The second-order valence-corrected chi connectivity index (χ2v) is 9.13. The summed E-state index contributed by atoms with van der Waals surface area (Å²) in [6, 6.07) is 18.8. The molecule has 0 spiro atoms. The Labute approximate surface area is 203 Å². The molecule has 0 saturated carbocycles. The molecule has 8 heteroatoms. The van der Waals surface area contributed by atoms with Gasteiger partial charge in [0.25, 0.3) is 11.1 Å². The molecular formula is C25H19BrFNO4S. The van der Waals surface area contributed by atoms with Crippen LogP contribution in [0.25, 0.3) is 6.08 Å². The molecule has 2 amide bonds. The van der Waals surface area contributed by atoms with Crippen molar-refractivity contribution >= 4 is 44.9 Å². The van der Waals surface area contributed by atoms with Crippen LogP contribution < -0.4 is 9.47 Å². The van der Waals surface area contributed by atoms with Crippen LogP contribution in [0.15, 0.2) is 76.1 Å². The zero-order chi connectivity index (χ0) is 23.4. The summed E-state index contributed by atoms with van der Waals surface area (Å²) in [5.41, 5.74) is 2.38. The highest BCUT2D eigenvalue weighted by molar-refractivity contribution is 9.10. The maximum Gasteiger partial charge on any atom is 0.293 e. The molecule has 1 aliphatic heterocycles. The molecule has 1 heterocycles. The first-order valence-corrected chi connectivity index (χ1v) is 11.6. The van der Waals surface area contributed by atoms with Gasteiger partial charge in [-0.25, -0.2) is 4.39 Å². The highest BCUT2D eigenvalue weighted by Crippen LogP contribution is 2.35. The Hall–Kier alpha value is -3.10. The van der Waals surface area contributed by atoms with Gasteiger partial charge < -0.3 is 9.47 Å². The lowest BCUT2D eigenvalue weighted by Crippen LogP contribution is -2.27. The SMILES string of the molecule is COc1cc(/C=C2\SC(=O)N(Cc3cccc(Br)c3)C2=O)ccc1OCc1ccc(F)cc1. The lowest BCUT2D eigenvalue weighted by atomic mass is 10.1. The lowest BCUT2D eigenvalue weighted by Gasteiger charge is -2.13. The highest BCUT2D eigenvalue weighted by Gasteiger charge is 2.35. The molecule has 1 aliphatic rings. The largest absolute Gasteiger partial charge is 0.493 e. The third kappa shape index (κ3) is 5.64. The van der Waals surface area contributed by atoms with Crippen LogP contribution in [-0.4, -0.2) is 23.2 Å². The number of rotatable bonds is 7. The Balaban J connectivity index is 1.48. The Morgan fingerprint density at radius 2 is 1.79 bits per heavy atom. The standard InChI is InChI=1S/C25H19BrFNO4S/c1-31-22-12-17(7-10-21(22)32-15-16-5-8-20(27)9-6-16)13-23-24(29)28(25(30)33-23)14-18-3-2-4-19(26)11-18/h2-13H,14-15H2,1H3/b23-13-. The number of thioether (sulfide) groups is 1. The molecule has 0 unspecified atom stereocenters. The third-order valence-electron chi connectivity index (χ3n) is 4.90. The summed E-state index contributed by atoms with van der Waals surface area (Å²) >= 11 is 4.31. The quantitative estimate of drug-likeness (QED) is 0.332. The topological polar surface area (TPSA) is 55.8 Å². The van der Waals surface area contributed by atoms with Crippen molar-refractivity contribution in [1.29, 1.82) is 0 Å². The summed E-state index contributed by atoms with van der Waals surface area (Å²) in [5.74, 6) is 0.364. The average Bonchev–Trinajstić information content (AvgIpc) is 3.06. The number of amides is 2. The van der Waals surface area contributed by atoms with E-state index in [0.717, 1.165) is 27.4 Å². The van der Waals surface area contributed by atoms with Crippen LogP contribution in [0.3, 0.4) is 0 Å². The lowest BCUT2D eigenvalue weighted by molar-refractivity contribution is -0.123. The smallest absolute Gasteiger partial charge is 0.293 e. The number of nitrogens with zero attached hydrogens (tertiary/aromatic N) is 1. The molecule has 4 rings (SSSR count). The minimum Gasteiger partial charge on any atom is -0.493 e. The normalized spacial score (nSPS) is 14.8. The summed E-state index contributed by atoms with van der Waals surface area (Å²) in [6.07, 6.45) is 1.66. The Kier molecular flexibility index (Phi) is 7.15. The maximum atomic E-state index is 13.1. The predicted molar refractivity (Wildman–Crippen MR) is 129 cm³/mol. The number of methoxy groups -OCH3 is 1. The van der Waals surface area contributed by atoms with Crippen molar-refractivity contribution in [3.8, 4) is 11.5 Å². The summed E-state index contributed by atoms with van der Waals surface area (Å²) in [6.45, 7) is 0.464. The van der Waals surface area contributed by atoms with Crippen LogP contribution in [0.1, 0.15) is 16.7 Å². The van der Waals surface area contributed by atoms with Gasteiger partial charge in [-0.3, -0.25) is 14.5 Å². The third-order valence-corrected chi connectivity index (χ3v) is 6.30. The van der Waals surface area contributed by atoms with E-state index in [0.29, 0.717) is 22.0 Å². The Morgan fingerprint density at radius 3 is 2.52 bits per heavy atom. The van der Waals surface area contributed by atoms with Crippen molar-refractivity contribution < 1.29 is 23.5 Å². The van der Waals surface area contributed by atoms with Gasteiger partial charge >= 0.3 is 0 Å². The van der Waals surface area contributed by atoms with Crippen molar-refractivity contribution in [1.82, 2.24) is 4.90 Å². The molecule has 0 aliphatic carbocycles. The van der Waals surface area contributed by atoms with Crippen LogP contribution in [0.5, 0.6) is 11.5 Å². The number of carbonyl (C=O) groups is 2. The fourth-order valence-corrected chi connectivity index (χ4v) is 4.53. The summed E-state index contributed by atoms with van der Waals surface area (Å²) < 4.78 is 25.2. The van der Waals surface area contributed by atoms with E-state index in [2.05, 4.69) is 15.9 Å². The molecule has 0 radical (unpaired) electrons. The predicted octanol–water partition coefficient (Wildman–Crippen LogP) is 6.41. The second-order valence-electron chi connectivity index (χ2n) is 7.22. The van der Waals surface area contributed by atoms with Gasteiger partial charge in [-0.2, -0.15) is 0 Å². The number of ether oxygens (including phenoxy) is 2. The molecular weight excluding hydrogens is 509 g/mol. The first-order chi connectivity index (χ1) is 15.9. The second kappa shape index (κ2) is 10.2. The maximum absolute atomic E-state index is 13.1. The van der Waals surface area contributed by atoms with Gasteiger partial charge in [-0.1, -0.05) is 46.3 Å². The van der Waals surface area contributed by atoms with Crippen LogP contribution in [0, 0.1) is 5.82 Å². The van der Waals surface area contributed by atoms with Crippen molar-refractivity contribution in [2.45, 2.75) is 13.2 Å². The van der Waals surface area contributed by atoms with E-state index in [4.69, 9.17) is 9.47 Å². The van der Waals surface area contributed by atoms with Crippen LogP contribution in [-0.2, 0) is 17.9 Å². The summed E-state index contributed by atoms with van der Waals surface area (Å²) in [4.78, 5) is 26.9. The zero-order valence-corrected chi connectivity index (χ0v) is 20.0. The number of benzene rings is 3. The molecule has 33 heavy (non-hydrogen) atoms. The molecule has 0 atom stereocenters. The van der Waals surface area contributed by atoms with E-state index >= 15 is 0 Å². The van der Waals surface area contributed by atoms with E-state index in [1.54, 1.807) is 36.4 Å². The van der Waals surface area contributed by atoms with Gasteiger partial charge in [0.15, 0.2) is 11.5 Å². The first-order valence-electron chi connectivity index (χ1n) is 9.98. The van der Waals surface area contributed by atoms with Crippen LogP contribution in [0.2, 0.25) is 0 Å². The molecule has 0 aromatic heterocycles. The fourth-order valence-electron chi connectivity index (χ4n) is 3.24. The van der Waals surface area contributed by atoms with Crippen LogP contribution >= 0.6 is 27.7 Å². The van der Waals surface area contributed by atoms with E-state index < -0.39 is 0 Å². The van der Waals surface area contributed by atoms with Gasteiger partial charge in [0.1, 0.15) is 12.4 Å². The van der Waals surface area contributed by atoms with Crippen molar-refractivity contribution in [3.05, 3.63) is 98.6 Å². The molecule has 3 aromatic carbocycles. The van der Waals surface area contributed by atoms with Crippen molar-refractivity contribution in [2.75, 3.05) is 7.11 Å². The van der Waals surface area contributed by atoms with E-state index in [9.17, 15) is 14.0 Å². The van der Waals surface area contributed by atoms with E-state index in [1.807, 2.05) is 24.3 Å². The van der Waals surface area contributed by atoms with E-state index in [1.165, 1.54) is 24.1 Å². The van der Waals surface area contributed by atoms with Gasteiger partial charge in [0.05, 0.1) is 18.6 Å². The molecule has 5 nitrogen and oxygen atoms in total.